The van der Waals surface area contributed by atoms with Crippen LogP contribution in [0.3, 0.4) is 0 Å². The minimum Gasteiger partial charge on any atom is -0.493 e. The number of fused-ring (bicyclic) bond motifs is 1. The van der Waals surface area contributed by atoms with Gasteiger partial charge in [0.25, 0.3) is 0 Å². The van der Waals surface area contributed by atoms with Crippen LogP contribution in [0.4, 0.5) is 13.2 Å². The highest BCUT2D eigenvalue weighted by molar-refractivity contribution is 5.85. The molecule has 3 aromatic rings. The number of rotatable bonds is 11. The van der Waals surface area contributed by atoms with Crippen molar-refractivity contribution in [1.82, 2.24) is 10.5 Å². The van der Waals surface area contributed by atoms with Crippen LogP contribution in [0.1, 0.15) is 83.2 Å². The third-order valence-corrected chi connectivity index (χ3v) is 5.52. The number of esters is 1. The van der Waals surface area contributed by atoms with Crippen molar-refractivity contribution in [2.45, 2.75) is 92.0 Å². The number of carbonyl (C=O) groups excluding carboxylic acids is 2. The van der Waals surface area contributed by atoms with E-state index < -0.39 is 17.5 Å². The van der Waals surface area contributed by atoms with E-state index in [-0.39, 0.29) is 42.3 Å². The van der Waals surface area contributed by atoms with Gasteiger partial charge in [-0.2, -0.15) is 13.2 Å². The topological polar surface area (TPSA) is 90.7 Å². The van der Waals surface area contributed by atoms with E-state index in [1.807, 2.05) is 65.8 Å². The molecule has 0 fully saturated rings. The molecule has 2 aromatic carbocycles. The van der Waals surface area contributed by atoms with Gasteiger partial charge in [0.05, 0.1) is 18.4 Å². The van der Waals surface area contributed by atoms with Crippen molar-refractivity contribution in [2.75, 3.05) is 6.61 Å². The molecule has 0 aliphatic heterocycles. The van der Waals surface area contributed by atoms with Crippen LogP contribution in [0.25, 0.3) is 11.0 Å². The van der Waals surface area contributed by atoms with Crippen molar-refractivity contribution in [3.8, 4) is 5.75 Å². The summed E-state index contributed by atoms with van der Waals surface area (Å²) >= 11 is 0. The zero-order valence-corrected chi connectivity index (χ0v) is 24.0. The Kier molecular flexibility index (Phi) is 12.0. The van der Waals surface area contributed by atoms with Crippen LogP contribution < -0.4 is 10.1 Å². The molecule has 0 radical (unpaired) electrons. The SMILES string of the molecule is CC.CCCc1c(OCCCC(=O)NCc2cccc(CC(=O)OC(C)(C)C)c2)ccc2c(C(F)(F)F)noc12. The number of halogens is 3. The maximum absolute atomic E-state index is 13.2. The smallest absolute Gasteiger partial charge is 0.437 e. The minimum absolute atomic E-state index is 0.0725. The molecule has 1 heterocycles. The molecular formula is C30H39F3N2O5. The molecule has 0 unspecified atom stereocenters. The van der Waals surface area contributed by atoms with Gasteiger partial charge in [0.2, 0.25) is 5.91 Å². The second-order valence-electron chi connectivity index (χ2n) is 10.0. The second kappa shape index (κ2) is 14.7. The quantitative estimate of drug-likeness (QED) is 0.196. The van der Waals surface area contributed by atoms with Crippen LogP contribution in [0.2, 0.25) is 0 Å². The van der Waals surface area contributed by atoms with Gasteiger partial charge in [-0.15, -0.1) is 0 Å². The molecule has 7 nitrogen and oxygen atoms in total. The highest BCUT2D eigenvalue weighted by atomic mass is 19.4. The summed E-state index contributed by atoms with van der Waals surface area (Å²) in [6, 6.07) is 10.2. The summed E-state index contributed by atoms with van der Waals surface area (Å²) in [5, 5.41) is 5.97. The maximum atomic E-state index is 13.2. The molecule has 1 amide bonds. The molecule has 0 saturated carbocycles. The third kappa shape index (κ3) is 9.88. The fourth-order valence-corrected chi connectivity index (χ4v) is 3.97. The lowest BCUT2D eigenvalue weighted by atomic mass is 10.0. The summed E-state index contributed by atoms with van der Waals surface area (Å²) in [4.78, 5) is 24.4. The first-order valence-corrected chi connectivity index (χ1v) is 13.5. The van der Waals surface area contributed by atoms with E-state index in [0.717, 1.165) is 11.1 Å². The van der Waals surface area contributed by atoms with Crippen LogP contribution in [-0.4, -0.2) is 29.2 Å². The van der Waals surface area contributed by atoms with Gasteiger partial charge < -0.3 is 19.3 Å². The van der Waals surface area contributed by atoms with Gasteiger partial charge in [0, 0.05) is 18.5 Å². The zero-order valence-electron chi connectivity index (χ0n) is 24.0. The van der Waals surface area contributed by atoms with Crippen molar-refractivity contribution in [1.29, 1.82) is 0 Å². The predicted molar refractivity (Wildman–Crippen MR) is 147 cm³/mol. The predicted octanol–water partition coefficient (Wildman–Crippen LogP) is 7.18. The first-order valence-electron chi connectivity index (χ1n) is 13.5. The first-order chi connectivity index (χ1) is 18.9. The van der Waals surface area contributed by atoms with Crippen molar-refractivity contribution in [2.24, 2.45) is 0 Å². The van der Waals surface area contributed by atoms with E-state index in [2.05, 4.69) is 10.5 Å². The fourth-order valence-electron chi connectivity index (χ4n) is 3.97. The van der Waals surface area contributed by atoms with Crippen LogP contribution in [0.5, 0.6) is 5.75 Å². The molecule has 220 valence electrons. The van der Waals surface area contributed by atoms with Crippen molar-refractivity contribution in [3.05, 3.63) is 58.8 Å². The van der Waals surface area contributed by atoms with E-state index in [1.54, 1.807) is 0 Å². The number of aryl methyl sites for hydroxylation is 1. The van der Waals surface area contributed by atoms with E-state index in [9.17, 15) is 22.8 Å². The number of benzene rings is 2. The molecule has 1 N–H and O–H groups in total. The highest BCUT2D eigenvalue weighted by Gasteiger charge is 2.37. The summed E-state index contributed by atoms with van der Waals surface area (Å²) in [6.45, 7) is 11.9. The number of nitrogens with zero attached hydrogens (tertiary/aromatic N) is 1. The van der Waals surface area contributed by atoms with E-state index in [0.29, 0.717) is 37.1 Å². The van der Waals surface area contributed by atoms with Crippen LogP contribution in [-0.2, 0) is 39.9 Å². The second-order valence-corrected chi connectivity index (χ2v) is 10.0. The Labute approximate surface area is 233 Å². The Bertz CT molecular complexity index is 1260. The van der Waals surface area contributed by atoms with Gasteiger partial charge in [-0.25, -0.2) is 0 Å². The van der Waals surface area contributed by atoms with Gasteiger partial charge in [-0.3, -0.25) is 9.59 Å². The Morgan fingerprint density at radius 3 is 2.40 bits per heavy atom. The lowest BCUT2D eigenvalue weighted by Crippen LogP contribution is -2.25. The van der Waals surface area contributed by atoms with Crippen molar-refractivity contribution < 1.29 is 36.8 Å². The number of aromatic nitrogens is 1. The number of nitrogens with one attached hydrogen (secondary N) is 1. The first kappa shape index (κ1) is 32.7. The summed E-state index contributed by atoms with van der Waals surface area (Å²) < 4.78 is 55.7. The molecular weight excluding hydrogens is 525 g/mol. The third-order valence-electron chi connectivity index (χ3n) is 5.52. The van der Waals surface area contributed by atoms with E-state index in [1.165, 1.54) is 12.1 Å². The van der Waals surface area contributed by atoms with Crippen LogP contribution in [0, 0.1) is 0 Å². The fraction of sp³-hybridized carbons (Fsp3) is 0.500. The maximum Gasteiger partial charge on any atom is 0.437 e. The Hall–Kier alpha value is -3.56. The number of hydrogen-bond donors (Lipinski definition) is 1. The number of carbonyl (C=O) groups is 2. The van der Waals surface area contributed by atoms with Gasteiger partial charge in [-0.05, 0) is 56.9 Å². The van der Waals surface area contributed by atoms with E-state index >= 15 is 0 Å². The van der Waals surface area contributed by atoms with Crippen molar-refractivity contribution in [3.63, 3.8) is 0 Å². The standard InChI is InChI=1S/C28H33F3N2O5.C2H6/c1-5-8-20-22(13-12-21-25(20)38-33-26(21)28(29,30)31)36-14-7-11-23(34)32-17-19-10-6-9-18(15-19)16-24(35)37-27(2,3)4;1-2/h6,9-10,12-13,15H,5,7-8,11,14,16-17H2,1-4H3,(H,32,34);1-2H3. The molecule has 0 aliphatic rings. The molecule has 0 saturated heterocycles. The average Bonchev–Trinajstić information content (AvgIpc) is 3.32. The molecule has 10 heteroatoms. The number of alkyl halides is 3. The summed E-state index contributed by atoms with van der Waals surface area (Å²) in [5.74, 6) is -0.0594. The van der Waals surface area contributed by atoms with Gasteiger partial charge in [-0.1, -0.05) is 56.6 Å². The summed E-state index contributed by atoms with van der Waals surface area (Å²) in [6.07, 6.45) is -2.69. The number of amides is 1. The normalized spacial score (nSPS) is 11.5. The minimum atomic E-state index is -4.61. The highest BCUT2D eigenvalue weighted by Crippen LogP contribution is 2.38. The Morgan fingerprint density at radius 2 is 1.75 bits per heavy atom. The lowest BCUT2D eigenvalue weighted by Gasteiger charge is -2.19. The summed E-state index contributed by atoms with van der Waals surface area (Å²) in [5.41, 5.74) is 0.658. The van der Waals surface area contributed by atoms with Gasteiger partial charge in [0.1, 0.15) is 11.4 Å². The molecule has 1 aromatic heterocycles. The van der Waals surface area contributed by atoms with Gasteiger partial charge in [0.15, 0.2) is 11.3 Å². The van der Waals surface area contributed by atoms with Crippen LogP contribution >= 0.6 is 0 Å². The Morgan fingerprint density at radius 1 is 1.05 bits per heavy atom. The molecule has 0 atom stereocenters. The largest absolute Gasteiger partial charge is 0.493 e. The number of ether oxygens (including phenoxy) is 2. The Balaban J connectivity index is 0.00000274. The zero-order chi connectivity index (χ0) is 29.9. The van der Waals surface area contributed by atoms with Crippen LogP contribution in [0.15, 0.2) is 40.9 Å². The molecule has 0 spiro atoms. The number of hydrogen-bond acceptors (Lipinski definition) is 6. The summed E-state index contributed by atoms with van der Waals surface area (Å²) in [7, 11) is 0. The average molecular weight is 565 g/mol. The monoisotopic (exact) mass is 564 g/mol. The molecule has 3 rings (SSSR count). The lowest BCUT2D eigenvalue weighted by molar-refractivity contribution is -0.154. The van der Waals surface area contributed by atoms with Crippen molar-refractivity contribution >= 4 is 22.8 Å². The molecule has 0 bridgehead atoms. The molecule has 0 aliphatic carbocycles. The molecule has 40 heavy (non-hydrogen) atoms. The van der Waals surface area contributed by atoms with E-state index in [4.69, 9.17) is 14.0 Å². The van der Waals surface area contributed by atoms with Gasteiger partial charge >= 0.3 is 12.1 Å².